The molecule has 5 rings (SSSR count). The Morgan fingerprint density at radius 2 is 1.64 bits per heavy atom. The van der Waals surface area contributed by atoms with Gasteiger partial charge in [-0.25, -0.2) is 0 Å². The second-order valence-corrected chi connectivity index (χ2v) is 9.03. The third kappa shape index (κ3) is 3.62. The van der Waals surface area contributed by atoms with Crippen molar-refractivity contribution in [1.82, 2.24) is 4.98 Å². The summed E-state index contributed by atoms with van der Waals surface area (Å²) in [6.45, 7) is 1.93. The first-order valence-electron chi connectivity index (χ1n) is 11.5. The minimum absolute atomic E-state index is 0.125. The molecule has 0 amide bonds. The summed E-state index contributed by atoms with van der Waals surface area (Å²) in [5, 5.41) is 0. The van der Waals surface area contributed by atoms with Crippen molar-refractivity contribution in [1.29, 1.82) is 0 Å². The molecule has 0 bridgehead atoms. The quantitative estimate of drug-likeness (QED) is 0.487. The van der Waals surface area contributed by atoms with Crippen LogP contribution >= 0.6 is 0 Å². The van der Waals surface area contributed by atoms with Gasteiger partial charge in [0.15, 0.2) is 23.1 Å². The molecule has 2 aromatic carbocycles. The molecule has 168 valence electrons. The number of aromatic nitrogens is 1. The van der Waals surface area contributed by atoms with Crippen LogP contribution in [-0.2, 0) is 11.8 Å². The maximum Gasteiger partial charge on any atom is 0.182 e. The number of nitrogens with zero attached hydrogens (tertiary/aromatic N) is 1. The molecule has 1 unspecified atom stereocenters. The summed E-state index contributed by atoms with van der Waals surface area (Å²) in [4.78, 5) is 32.0. The van der Waals surface area contributed by atoms with Crippen LogP contribution in [0.25, 0.3) is 0 Å². The molecule has 1 saturated carbocycles. The average molecular weight is 442 g/mol. The number of benzene rings is 2. The van der Waals surface area contributed by atoms with Crippen LogP contribution in [-0.4, -0.2) is 29.8 Å². The minimum Gasteiger partial charge on any atom is -0.493 e. The van der Waals surface area contributed by atoms with Gasteiger partial charge in [-0.3, -0.25) is 14.6 Å². The van der Waals surface area contributed by atoms with E-state index in [4.69, 9.17) is 9.47 Å². The number of hydrogen-bond acceptors (Lipinski definition) is 5. The number of carbonyl (C=O) groups is 2. The van der Waals surface area contributed by atoms with Gasteiger partial charge in [0.2, 0.25) is 0 Å². The highest BCUT2D eigenvalue weighted by atomic mass is 16.5. The van der Waals surface area contributed by atoms with Crippen molar-refractivity contribution in [3.63, 3.8) is 0 Å². The highest BCUT2D eigenvalue weighted by Gasteiger charge is 2.54. The smallest absolute Gasteiger partial charge is 0.182 e. The summed E-state index contributed by atoms with van der Waals surface area (Å²) in [6.07, 6.45) is 8.04. The Morgan fingerprint density at radius 1 is 0.909 bits per heavy atom. The monoisotopic (exact) mass is 441 g/mol. The predicted molar refractivity (Wildman–Crippen MR) is 125 cm³/mol. The fourth-order valence-electron chi connectivity index (χ4n) is 5.16. The Balaban J connectivity index is 1.66. The summed E-state index contributed by atoms with van der Waals surface area (Å²) in [7, 11) is 1.60. The third-order valence-electron chi connectivity index (χ3n) is 6.91. The molecule has 1 atom stereocenters. The molecule has 5 nitrogen and oxygen atoms in total. The van der Waals surface area contributed by atoms with Gasteiger partial charge in [0.1, 0.15) is 5.41 Å². The molecular weight excluding hydrogens is 414 g/mol. The van der Waals surface area contributed by atoms with Gasteiger partial charge in [-0.2, -0.15) is 0 Å². The van der Waals surface area contributed by atoms with Crippen LogP contribution in [0.1, 0.15) is 63.1 Å². The molecule has 5 heteroatoms. The van der Waals surface area contributed by atoms with Gasteiger partial charge in [0, 0.05) is 23.5 Å². The molecule has 0 aliphatic heterocycles. The van der Waals surface area contributed by atoms with Crippen molar-refractivity contribution in [3.8, 4) is 11.5 Å². The summed E-state index contributed by atoms with van der Waals surface area (Å²) in [5.41, 5.74) is 2.09. The molecule has 3 aromatic rings. The van der Waals surface area contributed by atoms with E-state index in [1.54, 1.807) is 25.6 Å². The third-order valence-corrected chi connectivity index (χ3v) is 6.91. The lowest BCUT2D eigenvalue weighted by Gasteiger charge is -2.28. The average Bonchev–Trinajstić information content (AvgIpc) is 3.41. The van der Waals surface area contributed by atoms with Crippen LogP contribution < -0.4 is 9.47 Å². The molecule has 33 heavy (non-hydrogen) atoms. The number of hydrogen-bond donors (Lipinski definition) is 0. The Bertz CT molecular complexity index is 1210. The number of rotatable bonds is 6. The second-order valence-electron chi connectivity index (χ2n) is 9.03. The van der Waals surface area contributed by atoms with E-state index in [0.29, 0.717) is 28.2 Å². The maximum atomic E-state index is 14.0. The molecule has 0 saturated heterocycles. The summed E-state index contributed by atoms with van der Waals surface area (Å²) in [6, 6.07) is 14.7. The van der Waals surface area contributed by atoms with E-state index >= 15 is 0 Å². The topological polar surface area (TPSA) is 65.5 Å². The van der Waals surface area contributed by atoms with Gasteiger partial charge >= 0.3 is 0 Å². The molecule has 1 heterocycles. The summed E-state index contributed by atoms with van der Waals surface area (Å²) >= 11 is 0. The number of Topliss-reactive ketones (excluding diaryl/α,β-unsaturated/α-hetero) is 2. The maximum absolute atomic E-state index is 14.0. The van der Waals surface area contributed by atoms with Crippen molar-refractivity contribution in [2.75, 3.05) is 7.11 Å². The molecular formula is C28H27NO4. The van der Waals surface area contributed by atoms with Crippen LogP contribution in [0.4, 0.5) is 0 Å². The lowest BCUT2D eigenvalue weighted by molar-refractivity contribution is 0.0792. The van der Waals surface area contributed by atoms with Crippen molar-refractivity contribution >= 4 is 11.6 Å². The van der Waals surface area contributed by atoms with Gasteiger partial charge in [0.05, 0.1) is 13.2 Å². The number of aryl methyl sites for hydroxylation is 1. The molecule has 2 aliphatic rings. The van der Waals surface area contributed by atoms with E-state index in [0.717, 1.165) is 36.8 Å². The van der Waals surface area contributed by atoms with E-state index in [1.807, 2.05) is 49.4 Å². The van der Waals surface area contributed by atoms with Gasteiger partial charge in [-0.15, -0.1) is 0 Å². The van der Waals surface area contributed by atoms with Crippen LogP contribution in [0.3, 0.4) is 0 Å². The molecule has 2 aliphatic carbocycles. The van der Waals surface area contributed by atoms with E-state index in [2.05, 4.69) is 4.98 Å². The summed E-state index contributed by atoms with van der Waals surface area (Å²) < 4.78 is 11.9. The predicted octanol–water partition coefficient (Wildman–Crippen LogP) is 5.28. The van der Waals surface area contributed by atoms with Crippen molar-refractivity contribution in [3.05, 3.63) is 88.7 Å². The van der Waals surface area contributed by atoms with Crippen LogP contribution in [0.2, 0.25) is 0 Å². The first kappa shape index (κ1) is 21.4. The van der Waals surface area contributed by atoms with E-state index in [1.165, 1.54) is 0 Å². The van der Waals surface area contributed by atoms with Crippen LogP contribution in [0.15, 0.2) is 60.9 Å². The Hall–Kier alpha value is -3.47. The standard InChI is InChI=1S/C28H27NO4/c1-18-7-9-22-23(15-18)27(31)28(26(22)30,17-19-11-13-29-14-12-19)20-8-10-24(32-2)25(16-20)33-21-5-3-4-6-21/h7-16,21H,3-6,17H2,1-2H3. The molecule has 0 N–H and O–H groups in total. The number of pyridine rings is 1. The van der Waals surface area contributed by atoms with Crippen molar-refractivity contribution < 1.29 is 19.1 Å². The van der Waals surface area contributed by atoms with Crippen molar-refractivity contribution in [2.45, 2.75) is 50.5 Å². The zero-order valence-corrected chi connectivity index (χ0v) is 19.0. The van der Waals surface area contributed by atoms with Gasteiger partial charge in [-0.05, 0) is 80.5 Å². The van der Waals surface area contributed by atoms with Gasteiger partial charge < -0.3 is 9.47 Å². The van der Waals surface area contributed by atoms with E-state index < -0.39 is 5.41 Å². The Kier molecular flexibility index (Phi) is 5.49. The fourth-order valence-corrected chi connectivity index (χ4v) is 5.16. The highest BCUT2D eigenvalue weighted by Crippen LogP contribution is 2.45. The van der Waals surface area contributed by atoms with Crippen molar-refractivity contribution in [2.24, 2.45) is 0 Å². The van der Waals surface area contributed by atoms with Gasteiger partial charge in [0.25, 0.3) is 0 Å². The first-order chi connectivity index (χ1) is 16.0. The van der Waals surface area contributed by atoms with Gasteiger partial charge in [-0.1, -0.05) is 23.8 Å². The normalized spacial score (nSPS) is 20.2. The lowest BCUT2D eigenvalue weighted by Crippen LogP contribution is -2.40. The van der Waals surface area contributed by atoms with Crippen LogP contribution in [0, 0.1) is 6.92 Å². The highest BCUT2D eigenvalue weighted by molar-refractivity contribution is 6.33. The fraction of sp³-hybridized carbons (Fsp3) is 0.321. The second kappa shape index (κ2) is 8.47. The Labute approximate surface area is 193 Å². The molecule has 1 aromatic heterocycles. The molecule has 1 fully saturated rings. The summed E-state index contributed by atoms with van der Waals surface area (Å²) in [5.74, 6) is 0.857. The molecule has 0 radical (unpaired) electrons. The molecule has 0 spiro atoms. The van der Waals surface area contributed by atoms with E-state index in [9.17, 15) is 9.59 Å². The lowest BCUT2D eigenvalue weighted by atomic mass is 9.71. The number of carbonyl (C=O) groups excluding carboxylic acids is 2. The van der Waals surface area contributed by atoms with Crippen LogP contribution in [0.5, 0.6) is 11.5 Å². The Morgan fingerprint density at radius 3 is 2.36 bits per heavy atom. The number of ether oxygens (including phenoxy) is 2. The number of fused-ring (bicyclic) bond motifs is 1. The number of ketones is 2. The zero-order valence-electron chi connectivity index (χ0n) is 19.0. The largest absolute Gasteiger partial charge is 0.493 e. The SMILES string of the molecule is COc1ccc(C2(Cc3ccncc3)C(=O)c3ccc(C)cc3C2=O)cc1OC1CCCC1. The minimum atomic E-state index is -1.35. The number of methoxy groups -OCH3 is 1. The zero-order chi connectivity index (χ0) is 23.0. The first-order valence-corrected chi connectivity index (χ1v) is 11.5. The van der Waals surface area contributed by atoms with E-state index in [-0.39, 0.29) is 24.1 Å².